The van der Waals surface area contributed by atoms with Crippen molar-refractivity contribution in [3.05, 3.63) is 46.9 Å². The normalized spacial score (nSPS) is 19.1. The lowest BCUT2D eigenvalue weighted by Crippen LogP contribution is -2.37. The second-order valence-electron chi connectivity index (χ2n) is 8.14. The molecule has 1 amide bonds. The summed E-state index contributed by atoms with van der Waals surface area (Å²) in [5, 5.41) is 7.56. The molecule has 1 aromatic heterocycles. The number of hydrogen-bond acceptors (Lipinski definition) is 2. The molecule has 4 rings (SSSR count). The number of hydrogen-bond donors (Lipinski definition) is 1. The topological polar surface area (TPSA) is 46.9 Å². The Bertz CT molecular complexity index is 864. The maximum atomic E-state index is 13.2. The molecule has 0 radical (unpaired) electrons. The van der Waals surface area contributed by atoms with Gasteiger partial charge in [-0.05, 0) is 49.3 Å². The van der Waals surface area contributed by atoms with Gasteiger partial charge in [-0.2, -0.15) is 5.10 Å². The predicted octanol–water partition coefficient (Wildman–Crippen LogP) is 5.02. The fourth-order valence-corrected chi connectivity index (χ4v) is 4.16. The average molecular weight is 391 g/mol. The Morgan fingerprint density at radius 2 is 1.93 bits per heavy atom. The number of benzene rings is 1. The van der Waals surface area contributed by atoms with E-state index >= 15 is 0 Å². The first-order chi connectivity index (χ1) is 13.3. The quantitative estimate of drug-likeness (QED) is 0.752. The molecule has 2 aliphatic carbocycles. The van der Waals surface area contributed by atoms with Gasteiger partial charge in [0.1, 0.15) is 11.6 Å². The lowest BCUT2D eigenvalue weighted by atomic mass is 9.78. The van der Waals surface area contributed by atoms with Crippen molar-refractivity contribution in [2.45, 2.75) is 63.8 Å². The van der Waals surface area contributed by atoms with E-state index in [4.69, 9.17) is 0 Å². The van der Waals surface area contributed by atoms with E-state index in [1.165, 1.54) is 12.1 Å². The highest BCUT2D eigenvalue weighted by atomic mass is 19.3. The van der Waals surface area contributed by atoms with E-state index in [1.54, 1.807) is 16.8 Å². The first-order valence-corrected chi connectivity index (χ1v) is 9.80. The standard InChI is InChI=1S/C21H24F3N3O/c1-13-19(16-3-2-4-16)20(25-18(28)9-15-10-21(23,24)11-15)27(26-13)12-14-5-7-17(22)8-6-14/h5-8,15-16H,2-4,9-12H2,1H3,(H,25,28). The summed E-state index contributed by atoms with van der Waals surface area (Å²) in [6, 6.07) is 6.18. The lowest BCUT2D eigenvalue weighted by Gasteiger charge is -2.34. The van der Waals surface area contributed by atoms with Crippen LogP contribution in [0.25, 0.3) is 0 Å². The molecule has 1 heterocycles. The number of nitrogens with one attached hydrogen (secondary N) is 1. The third-order valence-electron chi connectivity index (χ3n) is 5.84. The van der Waals surface area contributed by atoms with Crippen molar-refractivity contribution in [2.24, 2.45) is 5.92 Å². The Morgan fingerprint density at radius 1 is 1.25 bits per heavy atom. The molecule has 7 heteroatoms. The van der Waals surface area contributed by atoms with E-state index in [9.17, 15) is 18.0 Å². The second kappa shape index (κ2) is 7.26. The Labute approximate surface area is 162 Å². The smallest absolute Gasteiger partial charge is 0.248 e. The van der Waals surface area contributed by atoms with Crippen molar-refractivity contribution in [2.75, 3.05) is 5.32 Å². The number of halogens is 3. The van der Waals surface area contributed by atoms with Crippen LogP contribution >= 0.6 is 0 Å². The number of rotatable bonds is 6. The number of aryl methyl sites for hydroxylation is 1. The summed E-state index contributed by atoms with van der Waals surface area (Å²) < 4.78 is 41.0. The molecule has 150 valence electrons. The maximum Gasteiger partial charge on any atom is 0.248 e. The van der Waals surface area contributed by atoms with Gasteiger partial charge in [0.2, 0.25) is 11.8 Å². The summed E-state index contributed by atoms with van der Waals surface area (Å²) in [6.07, 6.45) is 2.92. The molecule has 4 nitrogen and oxygen atoms in total. The number of anilines is 1. The SMILES string of the molecule is Cc1nn(Cc2ccc(F)cc2)c(NC(=O)CC2CC(F)(F)C2)c1C1CCC1. The minimum atomic E-state index is -2.62. The third kappa shape index (κ3) is 3.93. The predicted molar refractivity (Wildman–Crippen MR) is 100.0 cm³/mol. The molecule has 0 spiro atoms. The van der Waals surface area contributed by atoms with Crippen LogP contribution in [0, 0.1) is 18.7 Å². The number of alkyl halides is 2. The van der Waals surface area contributed by atoms with Crippen molar-refractivity contribution in [3.8, 4) is 0 Å². The van der Waals surface area contributed by atoms with E-state index < -0.39 is 5.92 Å². The Balaban J connectivity index is 1.54. The molecule has 2 aliphatic rings. The molecule has 2 saturated carbocycles. The minimum Gasteiger partial charge on any atom is -0.311 e. The van der Waals surface area contributed by atoms with Gasteiger partial charge in [0, 0.05) is 24.8 Å². The van der Waals surface area contributed by atoms with Gasteiger partial charge < -0.3 is 5.32 Å². The van der Waals surface area contributed by atoms with Crippen molar-refractivity contribution in [1.29, 1.82) is 0 Å². The molecule has 0 aliphatic heterocycles. The number of aromatic nitrogens is 2. The molecular formula is C21H24F3N3O. The van der Waals surface area contributed by atoms with E-state index in [2.05, 4.69) is 10.4 Å². The van der Waals surface area contributed by atoms with Gasteiger partial charge in [0.25, 0.3) is 0 Å². The molecule has 0 unspecified atom stereocenters. The first-order valence-electron chi connectivity index (χ1n) is 9.80. The van der Waals surface area contributed by atoms with E-state index in [1.807, 2.05) is 6.92 Å². The highest BCUT2D eigenvalue weighted by Gasteiger charge is 2.45. The van der Waals surface area contributed by atoms with E-state index in [-0.39, 0.29) is 36.9 Å². The third-order valence-corrected chi connectivity index (χ3v) is 5.84. The summed E-state index contributed by atoms with van der Waals surface area (Å²) >= 11 is 0. The average Bonchev–Trinajstić information content (AvgIpc) is 2.82. The highest BCUT2D eigenvalue weighted by Crippen LogP contribution is 2.45. The molecule has 0 saturated heterocycles. The molecule has 2 aromatic rings. The van der Waals surface area contributed by atoms with Crippen molar-refractivity contribution in [1.82, 2.24) is 9.78 Å². The summed E-state index contributed by atoms with van der Waals surface area (Å²) in [5.74, 6) is -2.42. The number of carbonyl (C=O) groups excluding carboxylic acids is 1. The fraction of sp³-hybridized carbons (Fsp3) is 0.524. The largest absolute Gasteiger partial charge is 0.311 e. The summed E-state index contributed by atoms with van der Waals surface area (Å²) in [4.78, 5) is 12.5. The zero-order valence-corrected chi connectivity index (χ0v) is 15.9. The van der Waals surface area contributed by atoms with Crippen molar-refractivity contribution < 1.29 is 18.0 Å². The molecule has 1 aromatic carbocycles. The van der Waals surface area contributed by atoms with E-state index in [0.29, 0.717) is 18.3 Å². The second-order valence-corrected chi connectivity index (χ2v) is 8.14. The van der Waals surface area contributed by atoms with Crippen LogP contribution in [-0.4, -0.2) is 21.6 Å². The van der Waals surface area contributed by atoms with Gasteiger partial charge in [-0.25, -0.2) is 17.9 Å². The summed E-state index contributed by atoms with van der Waals surface area (Å²) in [6.45, 7) is 2.34. The zero-order chi connectivity index (χ0) is 19.9. The van der Waals surface area contributed by atoms with Crippen LogP contribution in [0.1, 0.15) is 61.3 Å². The maximum absolute atomic E-state index is 13.2. The van der Waals surface area contributed by atoms with Gasteiger partial charge >= 0.3 is 0 Å². The van der Waals surface area contributed by atoms with Crippen LogP contribution < -0.4 is 5.32 Å². The van der Waals surface area contributed by atoms with Crippen LogP contribution in [0.15, 0.2) is 24.3 Å². The van der Waals surface area contributed by atoms with Crippen LogP contribution in [-0.2, 0) is 11.3 Å². The molecular weight excluding hydrogens is 367 g/mol. The van der Waals surface area contributed by atoms with Gasteiger partial charge in [0.05, 0.1) is 12.2 Å². The van der Waals surface area contributed by atoms with Gasteiger partial charge in [0.15, 0.2) is 0 Å². The first kappa shape index (κ1) is 19.0. The molecule has 28 heavy (non-hydrogen) atoms. The molecule has 0 atom stereocenters. The molecule has 2 fully saturated rings. The van der Waals surface area contributed by atoms with Gasteiger partial charge in [-0.1, -0.05) is 18.6 Å². The summed E-state index contributed by atoms with van der Waals surface area (Å²) in [7, 11) is 0. The lowest BCUT2D eigenvalue weighted by molar-refractivity contribution is -0.129. The Morgan fingerprint density at radius 3 is 2.50 bits per heavy atom. The fourth-order valence-electron chi connectivity index (χ4n) is 4.16. The zero-order valence-electron chi connectivity index (χ0n) is 15.9. The number of nitrogens with zero attached hydrogens (tertiary/aromatic N) is 2. The molecule has 0 bridgehead atoms. The van der Waals surface area contributed by atoms with Gasteiger partial charge in [-0.3, -0.25) is 4.79 Å². The Kier molecular flexibility index (Phi) is 4.93. The monoisotopic (exact) mass is 391 g/mol. The highest BCUT2D eigenvalue weighted by molar-refractivity contribution is 5.91. The van der Waals surface area contributed by atoms with Crippen LogP contribution in [0.5, 0.6) is 0 Å². The van der Waals surface area contributed by atoms with Crippen molar-refractivity contribution in [3.63, 3.8) is 0 Å². The number of amides is 1. The minimum absolute atomic E-state index is 0.0977. The van der Waals surface area contributed by atoms with Crippen molar-refractivity contribution >= 4 is 11.7 Å². The molecule has 1 N–H and O–H groups in total. The van der Waals surface area contributed by atoms with Gasteiger partial charge in [-0.15, -0.1) is 0 Å². The van der Waals surface area contributed by atoms with Crippen LogP contribution in [0.3, 0.4) is 0 Å². The van der Waals surface area contributed by atoms with E-state index in [0.717, 1.165) is 36.1 Å². The summed E-state index contributed by atoms with van der Waals surface area (Å²) in [5.41, 5.74) is 2.79. The van der Waals surface area contributed by atoms with Crippen LogP contribution in [0.2, 0.25) is 0 Å². The number of carbonyl (C=O) groups is 1. The van der Waals surface area contributed by atoms with Crippen LogP contribution in [0.4, 0.5) is 19.0 Å². The Hall–Kier alpha value is -2.31.